The highest BCUT2D eigenvalue weighted by Crippen LogP contribution is 2.24. The molecule has 1 aromatic carbocycles. The van der Waals surface area contributed by atoms with Crippen LogP contribution in [0.2, 0.25) is 0 Å². The highest BCUT2D eigenvalue weighted by Gasteiger charge is 2.19. The van der Waals surface area contributed by atoms with Gasteiger partial charge in [0.2, 0.25) is 5.91 Å². The zero-order chi connectivity index (χ0) is 19.4. The van der Waals surface area contributed by atoms with Crippen molar-refractivity contribution in [2.45, 2.75) is 30.7 Å². The first-order chi connectivity index (χ1) is 12.9. The fourth-order valence-corrected chi connectivity index (χ4v) is 3.98. The van der Waals surface area contributed by atoms with Crippen molar-refractivity contribution in [3.8, 4) is 0 Å². The van der Waals surface area contributed by atoms with Crippen LogP contribution in [-0.4, -0.2) is 31.7 Å². The Balaban J connectivity index is 1.64. The van der Waals surface area contributed by atoms with Crippen molar-refractivity contribution in [2.24, 2.45) is 7.05 Å². The van der Waals surface area contributed by atoms with Gasteiger partial charge in [-0.25, -0.2) is 0 Å². The highest BCUT2D eigenvalue weighted by atomic mass is 32.2. The predicted octanol–water partition coefficient (Wildman–Crippen LogP) is 3.79. The van der Waals surface area contributed by atoms with E-state index in [0.29, 0.717) is 16.4 Å². The molecule has 0 saturated heterocycles. The standard InChI is InChI=1S/C19H20N4O2S2/c1-12(24)14-6-4-7-15(10-14)20-18(25)13(2)27-19-22-21-17(23(19)3)11-16-8-5-9-26-16/h4-10,13H,11H2,1-3H3,(H,20,25)/t13-/m1/s1. The monoisotopic (exact) mass is 400 g/mol. The van der Waals surface area contributed by atoms with Gasteiger partial charge in [0, 0.05) is 29.6 Å². The number of carbonyl (C=O) groups is 2. The molecule has 0 bridgehead atoms. The number of amides is 1. The maximum Gasteiger partial charge on any atom is 0.237 e. The first-order valence-corrected chi connectivity index (χ1v) is 10.2. The fourth-order valence-electron chi connectivity index (χ4n) is 2.44. The Morgan fingerprint density at radius 2 is 2.07 bits per heavy atom. The van der Waals surface area contributed by atoms with Crippen molar-refractivity contribution >= 4 is 40.5 Å². The third kappa shape index (κ3) is 4.84. The number of benzene rings is 1. The number of nitrogens with one attached hydrogen (secondary N) is 1. The van der Waals surface area contributed by atoms with Crippen LogP contribution in [0.4, 0.5) is 5.69 Å². The molecule has 0 aliphatic rings. The van der Waals surface area contributed by atoms with Crippen LogP contribution >= 0.6 is 23.1 Å². The highest BCUT2D eigenvalue weighted by molar-refractivity contribution is 8.00. The smallest absolute Gasteiger partial charge is 0.237 e. The number of rotatable bonds is 7. The first kappa shape index (κ1) is 19.3. The van der Waals surface area contributed by atoms with Crippen LogP contribution in [-0.2, 0) is 18.3 Å². The number of ketones is 1. The second kappa shape index (κ2) is 8.49. The van der Waals surface area contributed by atoms with E-state index in [0.717, 1.165) is 12.2 Å². The van der Waals surface area contributed by atoms with E-state index in [1.54, 1.807) is 35.6 Å². The van der Waals surface area contributed by atoms with Crippen molar-refractivity contribution in [2.75, 3.05) is 5.32 Å². The van der Waals surface area contributed by atoms with Gasteiger partial charge in [-0.3, -0.25) is 9.59 Å². The molecule has 6 nitrogen and oxygen atoms in total. The van der Waals surface area contributed by atoms with E-state index in [1.807, 2.05) is 30.0 Å². The number of hydrogen-bond donors (Lipinski definition) is 1. The van der Waals surface area contributed by atoms with E-state index in [4.69, 9.17) is 0 Å². The minimum absolute atomic E-state index is 0.0362. The van der Waals surface area contributed by atoms with Crippen molar-refractivity contribution in [3.63, 3.8) is 0 Å². The van der Waals surface area contributed by atoms with Gasteiger partial charge in [0.25, 0.3) is 0 Å². The largest absolute Gasteiger partial charge is 0.325 e. The van der Waals surface area contributed by atoms with Crippen LogP contribution in [0.15, 0.2) is 46.9 Å². The third-order valence-corrected chi connectivity index (χ3v) is 6.04. The van der Waals surface area contributed by atoms with E-state index in [1.165, 1.54) is 23.6 Å². The van der Waals surface area contributed by atoms with Crippen LogP contribution in [0.5, 0.6) is 0 Å². The molecular formula is C19H20N4O2S2. The summed E-state index contributed by atoms with van der Waals surface area (Å²) in [7, 11) is 1.91. The lowest BCUT2D eigenvalue weighted by Crippen LogP contribution is -2.23. The Morgan fingerprint density at radius 1 is 1.26 bits per heavy atom. The van der Waals surface area contributed by atoms with Crippen molar-refractivity contribution in [1.29, 1.82) is 0 Å². The number of anilines is 1. The number of thiophene rings is 1. The summed E-state index contributed by atoms with van der Waals surface area (Å²) in [6, 6.07) is 11.0. The van der Waals surface area contributed by atoms with E-state index in [9.17, 15) is 9.59 Å². The van der Waals surface area contributed by atoms with Gasteiger partial charge in [-0.2, -0.15) is 0 Å². The number of thioether (sulfide) groups is 1. The quantitative estimate of drug-likeness (QED) is 0.482. The average molecular weight is 401 g/mol. The molecule has 1 amide bonds. The molecule has 0 spiro atoms. The van der Waals surface area contributed by atoms with Crippen LogP contribution in [0.3, 0.4) is 0 Å². The van der Waals surface area contributed by atoms with E-state index in [-0.39, 0.29) is 16.9 Å². The molecule has 1 atom stereocenters. The maximum absolute atomic E-state index is 12.5. The van der Waals surface area contributed by atoms with Gasteiger partial charge in [-0.05, 0) is 37.4 Å². The number of aromatic nitrogens is 3. The molecule has 0 unspecified atom stereocenters. The van der Waals surface area contributed by atoms with E-state index < -0.39 is 0 Å². The van der Waals surface area contributed by atoms with Gasteiger partial charge in [0.05, 0.1) is 5.25 Å². The zero-order valence-corrected chi connectivity index (χ0v) is 16.9. The third-order valence-electron chi connectivity index (χ3n) is 4.03. The molecule has 3 rings (SSSR count). The van der Waals surface area contributed by atoms with Gasteiger partial charge >= 0.3 is 0 Å². The van der Waals surface area contributed by atoms with Crippen LogP contribution in [0.1, 0.15) is 34.9 Å². The van der Waals surface area contributed by atoms with E-state index >= 15 is 0 Å². The van der Waals surface area contributed by atoms with Crippen LogP contribution < -0.4 is 5.32 Å². The zero-order valence-electron chi connectivity index (χ0n) is 15.3. The second-order valence-corrected chi connectivity index (χ2v) is 8.44. The number of nitrogens with zero attached hydrogens (tertiary/aromatic N) is 3. The molecule has 140 valence electrons. The van der Waals surface area contributed by atoms with Gasteiger partial charge in [0.15, 0.2) is 10.9 Å². The summed E-state index contributed by atoms with van der Waals surface area (Å²) >= 11 is 3.04. The first-order valence-electron chi connectivity index (χ1n) is 8.43. The molecule has 0 radical (unpaired) electrons. The van der Waals surface area contributed by atoms with Crippen molar-refractivity contribution < 1.29 is 9.59 Å². The summed E-state index contributed by atoms with van der Waals surface area (Å²) in [5.41, 5.74) is 1.18. The second-order valence-electron chi connectivity index (χ2n) is 6.10. The van der Waals surface area contributed by atoms with Crippen LogP contribution in [0.25, 0.3) is 0 Å². The number of carbonyl (C=O) groups excluding carboxylic acids is 2. The molecular weight excluding hydrogens is 380 g/mol. The Morgan fingerprint density at radius 3 is 2.78 bits per heavy atom. The Kier molecular flexibility index (Phi) is 6.08. The summed E-state index contributed by atoms with van der Waals surface area (Å²) in [6.45, 7) is 3.32. The molecule has 0 aliphatic carbocycles. The van der Waals surface area contributed by atoms with Crippen molar-refractivity contribution in [3.05, 3.63) is 58.0 Å². The molecule has 2 aromatic heterocycles. The molecule has 1 N–H and O–H groups in total. The maximum atomic E-state index is 12.5. The normalized spacial score (nSPS) is 12.0. The molecule has 0 saturated carbocycles. The molecule has 0 fully saturated rings. The summed E-state index contributed by atoms with van der Waals surface area (Å²) in [5, 5.41) is 13.7. The minimum Gasteiger partial charge on any atom is -0.325 e. The van der Waals surface area contributed by atoms with Gasteiger partial charge in [0.1, 0.15) is 5.82 Å². The topological polar surface area (TPSA) is 76.9 Å². The fraction of sp³-hybridized carbons (Fsp3) is 0.263. The molecule has 27 heavy (non-hydrogen) atoms. The van der Waals surface area contributed by atoms with E-state index in [2.05, 4.69) is 21.6 Å². The lowest BCUT2D eigenvalue weighted by molar-refractivity contribution is -0.115. The molecule has 8 heteroatoms. The SMILES string of the molecule is CC(=O)c1cccc(NC(=O)[C@@H](C)Sc2nnc(Cc3cccs3)n2C)c1. The molecule has 2 heterocycles. The van der Waals surface area contributed by atoms with Crippen LogP contribution in [0, 0.1) is 0 Å². The van der Waals surface area contributed by atoms with Gasteiger partial charge in [-0.1, -0.05) is 30.0 Å². The Bertz CT molecular complexity index is 951. The molecule has 3 aromatic rings. The summed E-state index contributed by atoms with van der Waals surface area (Å²) in [5.74, 6) is 0.677. The lowest BCUT2D eigenvalue weighted by atomic mass is 10.1. The Hall–Kier alpha value is -2.45. The van der Waals surface area contributed by atoms with Gasteiger partial charge in [-0.15, -0.1) is 21.5 Å². The average Bonchev–Trinajstić information content (AvgIpc) is 3.27. The summed E-state index contributed by atoms with van der Waals surface area (Å²) in [6.07, 6.45) is 0.722. The molecule has 0 aliphatic heterocycles. The minimum atomic E-state index is -0.358. The number of Topliss-reactive ketones (excluding diaryl/α,β-unsaturated/α-hetero) is 1. The number of hydrogen-bond acceptors (Lipinski definition) is 6. The summed E-state index contributed by atoms with van der Waals surface area (Å²) in [4.78, 5) is 25.2. The lowest BCUT2D eigenvalue weighted by Gasteiger charge is -2.12. The van der Waals surface area contributed by atoms with Gasteiger partial charge < -0.3 is 9.88 Å². The predicted molar refractivity (Wildman–Crippen MR) is 109 cm³/mol. The summed E-state index contributed by atoms with van der Waals surface area (Å²) < 4.78 is 1.92. The Labute approximate surface area is 166 Å². The van der Waals surface area contributed by atoms with Crippen molar-refractivity contribution in [1.82, 2.24) is 14.8 Å².